The molecule has 0 saturated carbocycles. The van der Waals surface area contributed by atoms with Crippen LogP contribution in [0.3, 0.4) is 0 Å². The van der Waals surface area contributed by atoms with Gasteiger partial charge in [0.1, 0.15) is 11.5 Å². The number of benzene rings is 1. The van der Waals surface area contributed by atoms with E-state index in [9.17, 15) is 4.79 Å². The SMILES string of the molecule is NC(=O)Cc1ccc(-c2ccc(Br)cc2)o1. The fourth-order valence-corrected chi connectivity index (χ4v) is 1.68. The quantitative estimate of drug-likeness (QED) is 0.939. The van der Waals surface area contributed by atoms with Crippen LogP contribution in [-0.2, 0) is 11.2 Å². The van der Waals surface area contributed by atoms with Gasteiger partial charge in [-0.05, 0) is 24.3 Å². The monoisotopic (exact) mass is 279 g/mol. The molecule has 82 valence electrons. The van der Waals surface area contributed by atoms with E-state index in [0.29, 0.717) is 5.76 Å². The molecule has 2 aromatic rings. The van der Waals surface area contributed by atoms with Crippen molar-refractivity contribution in [1.29, 1.82) is 0 Å². The maximum atomic E-state index is 10.7. The van der Waals surface area contributed by atoms with Crippen molar-refractivity contribution in [2.45, 2.75) is 6.42 Å². The third-order valence-corrected chi connectivity index (χ3v) is 2.67. The second-order valence-electron chi connectivity index (χ2n) is 3.42. The first-order valence-electron chi connectivity index (χ1n) is 4.78. The van der Waals surface area contributed by atoms with Gasteiger partial charge in [-0.25, -0.2) is 0 Å². The lowest BCUT2D eigenvalue weighted by Gasteiger charge is -1.97. The summed E-state index contributed by atoms with van der Waals surface area (Å²) in [6.07, 6.45) is 0.135. The van der Waals surface area contributed by atoms with Crippen LogP contribution in [-0.4, -0.2) is 5.91 Å². The predicted molar refractivity (Wildman–Crippen MR) is 64.7 cm³/mol. The number of nitrogens with two attached hydrogens (primary N) is 1. The standard InChI is InChI=1S/C12H10BrNO2/c13-9-3-1-8(2-4-9)11-6-5-10(16-11)7-12(14)15/h1-6H,7H2,(H2,14,15). The largest absolute Gasteiger partial charge is 0.461 e. The maximum Gasteiger partial charge on any atom is 0.225 e. The molecule has 1 amide bonds. The van der Waals surface area contributed by atoms with E-state index in [1.165, 1.54) is 0 Å². The zero-order valence-corrected chi connectivity index (χ0v) is 10.0. The summed E-state index contributed by atoms with van der Waals surface area (Å²) in [6, 6.07) is 11.4. The highest BCUT2D eigenvalue weighted by Crippen LogP contribution is 2.23. The minimum atomic E-state index is -0.392. The van der Waals surface area contributed by atoms with Crippen molar-refractivity contribution in [3.8, 4) is 11.3 Å². The van der Waals surface area contributed by atoms with Gasteiger partial charge < -0.3 is 10.2 Å². The number of primary amides is 1. The first-order chi connectivity index (χ1) is 7.65. The number of halogens is 1. The van der Waals surface area contributed by atoms with Crippen LogP contribution in [0.5, 0.6) is 0 Å². The van der Waals surface area contributed by atoms with Gasteiger partial charge in [0, 0.05) is 10.0 Å². The highest BCUT2D eigenvalue weighted by Gasteiger charge is 2.06. The number of rotatable bonds is 3. The molecule has 16 heavy (non-hydrogen) atoms. The molecule has 1 aromatic carbocycles. The second-order valence-corrected chi connectivity index (χ2v) is 4.33. The summed E-state index contributed by atoms with van der Waals surface area (Å²) in [4.78, 5) is 10.7. The molecule has 0 fully saturated rings. The van der Waals surface area contributed by atoms with Crippen molar-refractivity contribution in [2.75, 3.05) is 0 Å². The number of amides is 1. The summed E-state index contributed by atoms with van der Waals surface area (Å²) in [5, 5.41) is 0. The van der Waals surface area contributed by atoms with E-state index in [-0.39, 0.29) is 6.42 Å². The van der Waals surface area contributed by atoms with Crippen LogP contribution in [0, 0.1) is 0 Å². The molecule has 0 aliphatic heterocycles. The highest BCUT2D eigenvalue weighted by molar-refractivity contribution is 9.10. The van der Waals surface area contributed by atoms with Crippen molar-refractivity contribution < 1.29 is 9.21 Å². The number of carbonyl (C=O) groups is 1. The molecule has 4 heteroatoms. The lowest BCUT2D eigenvalue weighted by atomic mass is 10.2. The Morgan fingerprint density at radius 2 is 1.88 bits per heavy atom. The average Bonchev–Trinajstić information content (AvgIpc) is 2.66. The van der Waals surface area contributed by atoms with Crippen molar-refractivity contribution in [3.63, 3.8) is 0 Å². The van der Waals surface area contributed by atoms with Crippen molar-refractivity contribution in [3.05, 3.63) is 46.6 Å². The molecule has 2 rings (SSSR count). The molecule has 1 aromatic heterocycles. The molecule has 3 nitrogen and oxygen atoms in total. The van der Waals surface area contributed by atoms with E-state index in [2.05, 4.69) is 15.9 Å². The fraction of sp³-hybridized carbons (Fsp3) is 0.0833. The predicted octanol–water partition coefficient (Wildman–Crippen LogP) is 2.74. The van der Waals surface area contributed by atoms with E-state index in [1.54, 1.807) is 6.07 Å². The average molecular weight is 280 g/mol. The molecule has 0 saturated heterocycles. The van der Waals surface area contributed by atoms with Gasteiger partial charge in [0.2, 0.25) is 5.91 Å². The van der Waals surface area contributed by atoms with Gasteiger partial charge in [0.15, 0.2) is 0 Å². The molecule has 0 radical (unpaired) electrons. The van der Waals surface area contributed by atoms with Crippen molar-refractivity contribution >= 4 is 21.8 Å². The summed E-state index contributed by atoms with van der Waals surface area (Å²) in [5.41, 5.74) is 6.06. The maximum absolute atomic E-state index is 10.7. The Morgan fingerprint density at radius 1 is 1.19 bits per heavy atom. The zero-order valence-electron chi connectivity index (χ0n) is 8.44. The van der Waals surface area contributed by atoms with Crippen LogP contribution in [0.4, 0.5) is 0 Å². The van der Waals surface area contributed by atoms with Crippen LogP contribution in [0.2, 0.25) is 0 Å². The first-order valence-corrected chi connectivity index (χ1v) is 5.57. The first kappa shape index (κ1) is 11.0. The highest BCUT2D eigenvalue weighted by atomic mass is 79.9. The molecule has 0 spiro atoms. The Balaban J connectivity index is 2.24. The summed E-state index contributed by atoms with van der Waals surface area (Å²) in [5.74, 6) is 0.936. The zero-order chi connectivity index (χ0) is 11.5. The van der Waals surface area contributed by atoms with E-state index in [4.69, 9.17) is 10.2 Å². The third kappa shape index (κ3) is 2.52. The summed E-state index contributed by atoms with van der Waals surface area (Å²) in [7, 11) is 0. The topological polar surface area (TPSA) is 56.2 Å². The Morgan fingerprint density at radius 3 is 2.50 bits per heavy atom. The van der Waals surface area contributed by atoms with E-state index in [1.807, 2.05) is 30.3 Å². The molecular formula is C12H10BrNO2. The number of hydrogen-bond donors (Lipinski definition) is 1. The van der Waals surface area contributed by atoms with Crippen LogP contribution in [0.25, 0.3) is 11.3 Å². The summed E-state index contributed by atoms with van der Waals surface area (Å²) < 4.78 is 6.52. The number of hydrogen-bond acceptors (Lipinski definition) is 2. The van der Waals surface area contributed by atoms with E-state index < -0.39 is 5.91 Å². The lowest BCUT2D eigenvalue weighted by Crippen LogP contribution is -2.12. The number of furan rings is 1. The Labute approximate surface area is 101 Å². The molecular weight excluding hydrogens is 270 g/mol. The molecule has 2 N–H and O–H groups in total. The van der Waals surface area contributed by atoms with Gasteiger partial charge in [-0.1, -0.05) is 28.1 Å². The van der Waals surface area contributed by atoms with Crippen LogP contribution in [0.15, 0.2) is 45.3 Å². The van der Waals surface area contributed by atoms with Crippen molar-refractivity contribution in [1.82, 2.24) is 0 Å². The van der Waals surface area contributed by atoms with Gasteiger partial charge in [0.05, 0.1) is 6.42 Å². The minimum absolute atomic E-state index is 0.135. The number of carbonyl (C=O) groups excluding carboxylic acids is 1. The van der Waals surface area contributed by atoms with Crippen molar-refractivity contribution in [2.24, 2.45) is 5.73 Å². The van der Waals surface area contributed by atoms with Gasteiger partial charge in [-0.3, -0.25) is 4.79 Å². The second kappa shape index (κ2) is 4.53. The summed E-state index contributed by atoms with van der Waals surface area (Å²) in [6.45, 7) is 0. The minimum Gasteiger partial charge on any atom is -0.461 e. The van der Waals surface area contributed by atoms with Gasteiger partial charge in [0.25, 0.3) is 0 Å². The normalized spacial score (nSPS) is 10.3. The van der Waals surface area contributed by atoms with Gasteiger partial charge in [-0.15, -0.1) is 0 Å². The van der Waals surface area contributed by atoms with Gasteiger partial charge in [-0.2, -0.15) is 0 Å². The fourth-order valence-electron chi connectivity index (χ4n) is 1.41. The van der Waals surface area contributed by atoms with Crippen LogP contribution >= 0.6 is 15.9 Å². The Kier molecular flexibility index (Phi) is 3.10. The van der Waals surface area contributed by atoms with Gasteiger partial charge >= 0.3 is 0 Å². The summed E-state index contributed by atoms with van der Waals surface area (Å²) >= 11 is 3.36. The Bertz CT molecular complexity index is 502. The molecule has 0 atom stereocenters. The smallest absolute Gasteiger partial charge is 0.225 e. The molecule has 0 aliphatic rings. The molecule has 0 aliphatic carbocycles. The van der Waals surface area contributed by atoms with Crippen LogP contribution in [0.1, 0.15) is 5.76 Å². The van der Waals surface area contributed by atoms with E-state index in [0.717, 1.165) is 15.8 Å². The van der Waals surface area contributed by atoms with E-state index >= 15 is 0 Å². The molecule has 0 bridgehead atoms. The molecule has 1 heterocycles. The Hall–Kier alpha value is -1.55. The third-order valence-electron chi connectivity index (χ3n) is 2.14. The lowest BCUT2D eigenvalue weighted by molar-refractivity contribution is -0.117. The molecule has 0 unspecified atom stereocenters. The van der Waals surface area contributed by atoms with Crippen LogP contribution < -0.4 is 5.73 Å².